The van der Waals surface area contributed by atoms with Crippen LogP contribution in [0, 0.1) is 0 Å². The lowest BCUT2D eigenvalue weighted by molar-refractivity contribution is 0.0944. The molecule has 1 heterocycles. The Kier molecular flexibility index (Phi) is 5.02. The van der Waals surface area contributed by atoms with Gasteiger partial charge in [0.05, 0.1) is 0 Å². The van der Waals surface area contributed by atoms with Gasteiger partial charge in [0.1, 0.15) is 5.69 Å². The molecule has 1 N–H and O–H groups in total. The van der Waals surface area contributed by atoms with E-state index in [2.05, 4.69) is 26.1 Å². The van der Waals surface area contributed by atoms with Crippen LogP contribution < -0.4 is 5.32 Å². The van der Waals surface area contributed by atoms with Gasteiger partial charge >= 0.3 is 0 Å². The number of hydrogen-bond donors (Lipinski definition) is 1. The molecule has 90 valence electrons. The number of nitrogens with zero attached hydrogens (tertiary/aromatic N) is 2. The predicted octanol–water partition coefficient (Wildman–Crippen LogP) is 1.47. The summed E-state index contributed by atoms with van der Waals surface area (Å²) in [6.45, 7) is 1.69. The molecule has 5 heteroatoms. The van der Waals surface area contributed by atoms with E-state index in [1.807, 2.05) is 38.0 Å². The first kappa shape index (κ1) is 13.3. The van der Waals surface area contributed by atoms with Gasteiger partial charge in [-0.2, -0.15) is 0 Å². The van der Waals surface area contributed by atoms with Crippen molar-refractivity contribution in [1.82, 2.24) is 14.8 Å². The highest BCUT2D eigenvalue weighted by atomic mass is 79.9. The third-order valence-corrected chi connectivity index (χ3v) is 2.71. The average Bonchev–Trinajstić information content (AvgIpc) is 2.52. The Hall–Kier alpha value is -0.810. The van der Waals surface area contributed by atoms with Gasteiger partial charge in [-0.3, -0.25) is 4.79 Å². The summed E-state index contributed by atoms with van der Waals surface area (Å²) in [5.74, 6) is -0.0213. The molecule has 4 nitrogen and oxygen atoms in total. The van der Waals surface area contributed by atoms with E-state index < -0.39 is 0 Å². The van der Waals surface area contributed by atoms with Gasteiger partial charge in [-0.1, -0.05) is 0 Å². The largest absolute Gasteiger partial charge is 0.351 e. The van der Waals surface area contributed by atoms with Crippen LogP contribution in [0.1, 0.15) is 16.9 Å². The van der Waals surface area contributed by atoms with E-state index in [1.54, 1.807) is 0 Å². The summed E-state index contributed by atoms with van der Waals surface area (Å²) in [5.41, 5.74) is 0.678. The van der Waals surface area contributed by atoms with Gasteiger partial charge in [-0.15, -0.1) is 0 Å². The van der Waals surface area contributed by atoms with Crippen LogP contribution in [-0.4, -0.2) is 42.6 Å². The van der Waals surface area contributed by atoms with E-state index in [4.69, 9.17) is 0 Å². The molecule has 1 aromatic heterocycles. The maximum absolute atomic E-state index is 11.8. The summed E-state index contributed by atoms with van der Waals surface area (Å²) >= 11 is 3.34. The fourth-order valence-corrected chi connectivity index (χ4v) is 1.96. The van der Waals surface area contributed by atoms with Crippen molar-refractivity contribution in [3.05, 3.63) is 22.4 Å². The Labute approximate surface area is 105 Å². The summed E-state index contributed by atoms with van der Waals surface area (Å²) in [7, 11) is 5.91. The fraction of sp³-hybridized carbons (Fsp3) is 0.545. The highest BCUT2D eigenvalue weighted by Crippen LogP contribution is 2.13. The number of carbonyl (C=O) groups is 1. The van der Waals surface area contributed by atoms with Crippen molar-refractivity contribution in [2.75, 3.05) is 27.2 Å². The van der Waals surface area contributed by atoms with Gasteiger partial charge in [0.25, 0.3) is 5.91 Å². The second kappa shape index (κ2) is 6.06. The van der Waals surface area contributed by atoms with Crippen LogP contribution in [0.5, 0.6) is 0 Å². The predicted molar refractivity (Wildman–Crippen MR) is 68.6 cm³/mol. The van der Waals surface area contributed by atoms with Crippen molar-refractivity contribution in [1.29, 1.82) is 0 Å². The van der Waals surface area contributed by atoms with E-state index in [-0.39, 0.29) is 5.91 Å². The molecule has 0 spiro atoms. The van der Waals surface area contributed by atoms with Crippen LogP contribution in [0.2, 0.25) is 0 Å². The highest BCUT2D eigenvalue weighted by molar-refractivity contribution is 9.10. The molecule has 0 unspecified atom stereocenters. The standard InChI is InChI=1S/C11H18BrN3O/c1-14(2)6-4-5-13-11(16)10-7-9(12)8-15(10)3/h7-8H,4-6H2,1-3H3,(H,13,16). The number of hydrogen-bond acceptors (Lipinski definition) is 2. The van der Waals surface area contributed by atoms with Crippen molar-refractivity contribution in [2.45, 2.75) is 6.42 Å². The molecule has 0 radical (unpaired) electrons. The van der Waals surface area contributed by atoms with Crippen LogP contribution in [0.25, 0.3) is 0 Å². The highest BCUT2D eigenvalue weighted by Gasteiger charge is 2.09. The minimum Gasteiger partial charge on any atom is -0.351 e. The lowest BCUT2D eigenvalue weighted by Gasteiger charge is -2.10. The quantitative estimate of drug-likeness (QED) is 0.833. The molecule has 16 heavy (non-hydrogen) atoms. The molecule has 0 aliphatic heterocycles. The number of halogens is 1. The number of aromatic nitrogens is 1. The van der Waals surface area contributed by atoms with Crippen molar-refractivity contribution < 1.29 is 4.79 Å². The van der Waals surface area contributed by atoms with E-state index >= 15 is 0 Å². The topological polar surface area (TPSA) is 37.3 Å². The Balaban J connectivity index is 2.38. The molecule has 0 aliphatic rings. The lowest BCUT2D eigenvalue weighted by Crippen LogP contribution is -2.28. The van der Waals surface area contributed by atoms with Crippen LogP contribution >= 0.6 is 15.9 Å². The second-order valence-corrected chi connectivity index (χ2v) is 4.98. The van der Waals surface area contributed by atoms with Gasteiger partial charge < -0.3 is 14.8 Å². The van der Waals surface area contributed by atoms with Crippen LogP contribution in [-0.2, 0) is 7.05 Å². The molecular weight excluding hydrogens is 270 g/mol. The van der Waals surface area contributed by atoms with Gasteiger partial charge in [0, 0.05) is 24.3 Å². The fourth-order valence-electron chi connectivity index (χ4n) is 1.44. The van der Waals surface area contributed by atoms with E-state index in [0.717, 1.165) is 17.4 Å². The smallest absolute Gasteiger partial charge is 0.267 e. The minimum absolute atomic E-state index is 0.0213. The van der Waals surface area contributed by atoms with Crippen LogP contribution in [0.15, 0.2) is 16.7 Å². The molecule has 1 aromatic rings. The zero-order valence-corrected chi connectivity index (χ0v) is 11.5. The van der Waals surface area contributed by atoms with Crippen LogP contribution in [0.3, 0.4) is 0 Å². The Morgan fingerprint density at radius 1 is 1.56 bits per heavy atom. The third-order valence-electron chi connectivity index (χ3n) is 2.27. The number of nitrogens with one attached hydrogen (secondary N) is 1. The van der Waals surface area contributed by atoms with Crippen LogP contribution in [0.4, 0.5) is 0 Å². The average molecular weight is 288 g/mol. The molecule has 1 rings (SSSR count). The van der Waals surface area contributed by atoms with Crippen molar-refractivity contribution >= 4 is 21.8 Å². The maximum atomic E-state index is 11.8. The first-order valence-electron chi connectivity index (χ1n) is 5.25. The molecule has 0 fully saturated rings. The van der Waals surface area contributed by atoms with E-state index in [1.165, 1.54) is 0 Å². The number of carbonyl (C=O) groups excluding carboxylic acids is 1. The van der Waals surface area contributed by atoms with E-state index in [0.29, 0.717) is 12.2 Å². The number of aryl methyl sites for hydroxylation is 1. The second-order valence-electron chi connectivity index (χ2n) is 4.07. The minimum atomic E-state index is -0.0213. The first-order valence-corrected chi connectivity index (χ1v) is 6.05. The Morgan fingerprint density at radius 3 is 2.75 bits per heavy atom. The molecular formula is C11H18BrN3O. The van der Waals surface area contributed by atoms with E-state index in [9.17, 15) is 4.79 Å². The van der Waals surface area contributed by atoms with Gasteiger partial charge in [-0.05, 0) is 49.1 Å². The summed E-state index contributed by atoms with van der Waals surface area (Å²) in [4.78, 5) is 13.9. The molecule has 0 aliphatic carbocycles. The Morgan fingerprint density at radius 2 is 2.25 bits per heavy atom. The zero-order valence-electron chi connectivity index (χ0n) is 9.96. The molecule has 0 bridgehead atoms. The molecule has 0 atom stereocenters. The number of rotatable bonds is 5. The zero-order chi connectivity index (χ0) is 12.1. The Bertz CT molecular complexity index is 360. The SMILES string of the molecule is CN(C)CCCNC(=O)c1cc(Br)cn1C. The van der Waals surface area contributed by atoms with Crippen molar-refractivity contribution in [3.8, 4) is 0 Å². The van der Waals surface area contributed by atoms with Gasteiger partial charge in [0.2, 0.25) is 0 Å². The summed E-state index contributed by atoms with van der Waals surface area (Å²) in [5, 5.41) is 2.90. The molecule has 0 aromatic carbocycles. The maximum Gasteiger partial charge on any atom is 0.267 e. The van der Waals surface area contributed by atoms with Crippen molar-refractivity contribution in [2.24, 2.45) is 7.05 Å². The monoisotopic (exact) mass is 287 g/mol. The summed E-state index contributed by atoms with van der Waals surface area (Å²) in [6, 6.07) is 1.82. The van der Waals surface area contributed by atoms with Gasteiger partial charge in [0.15, 0.2) is 0 Å². The van der Waals surface area contributed by atoms with Gasteiger partial charge in [-0.25, -0.2) is 0 Å². The normalized spacial score (nSPS) is 10.8. The molecule has 1 amide bonds. The molecule has 0 saturated carbocycles. The first-order chi connectivity index (χ1) is 7.50. The third kappa shape index (κ3) is 3.98. The summed E-state index contributed by atoms with van der Waals surface area (Å²) < 4.78 is 2.74. The number of amides is 1. The lowest BCUT2D eigenvalue weighted by atomic mass is 10.3. The summed E-state index contributed by atoms with van der Waals surface area (Å²) in [6.07, 6.45) is 2.83. The molecule has 0 saturated heterocycles. The van der Waals surface area contributed by atoms with Crippen molar-refractivity contribution in [3.63, 3.8) is 0 Å².